The van der Waals surface area contributed by atoms with Crippen molar-refractivity contribution >= 4 is 18.0 Å². The number of aryl methyl sites for hydroxylation is 1. The van der Waals surface area contributed by atoms with Gasteiger partial charge in [-0.1, -0.05) is 29.8 Å². The summed E-state index contributed by atoms with van der Waals surface area (Å²) in [6, 6.07) is 7.38. The molecular formula is C14H19N3O2. The number of hydrogen-bond donors (Lipinski definition) is 2. The van der Waals surface area contributed by atoms with E-state index in [0.717, 1.165) is 16.0 Å². The first kappa shape index (κ1) is 14.9. The molecule has 0 fully saturated rings. The molecule has 0 radical (unpaired) electrons. The molecule has 5 heteroatoms. The lowest BCUT2D eigenvalue weighted by atomic mass is 10.1. The maximum absolute atomic E-state index is 11.7. The van der Waals surface area contributed by atoms with E-state index in [0.29, 0.717) is 0 Å². The maximum Gasteiger partial charge on any atom is 0.328 e. The molecule has 0 saturated heterocycles. The number of nitrogens with one attached hydrogen (secondary N) is 1. The molecule has 0 aliphatic carbocycles. The molecule has 0 spiro atoms. The van der Waals surface area contributed by atoms with Gasteiger partial charge in [-0.2, -0.15) is 0 Å². The number of imide groups is 1. The minimum Gasteiger partial charge on any atom is -0.329 e. The summed E-state index contributed by atoms with van der Waals surface area (Å²) in [5.74, 6) is -0.327. The van der Waals surface area contributed by atoms with Crippen LogP contribution in [0.5, 0.6) is 0 Å². The normalized spacial score (nSPS) is 10.5. The smallest absolute Gasteiger partial charge is 0.328 e. The van der Waals surface area contributed by atoms with Gasteiger partial charge in [-0.25, -0.2) is 4.79 Å². The quantitative estimate of drug-likeness (QED) is 0.862. The Morgan fingerprint density at radius 3 is 2.74 bits per heavy atom. The minimum atomic E-state index is -0.471. The molecule has 0 unspecified atom stereocenters. The summed E-state index contributed by atoms with van der Waals surface area (Å²) in [7, 11) is 0. The number of amides is 3. The monoisotopic (exact) mass is 261 g/mol. The number of nitrogens with two attached hydrogens (primary N) is 1. The Morgan fingerprint density at radius 2 is 2.16 bits per heavy atom. The van der Waals surface area contributed by atoms with Gasteiger partial charge in [0.2, 0.25) is 5.91 Å². The number of hydrogen-bond acceptors (Lipinski definition) is 3. The van der Waals surface area contributed by atoms with Crippen LogP contribution in [0.25, 0.3) is 6.08 Å². The second-order valence-corrected chi connectivity index (χ2v) is 4.16. The Bertz CT molecular complexity index is 483. The van der Waals surface area contributed by atoms with Gasteiger partial charge in [-0.15, -0.1) is 0 Å². The Balaban J connectivity index is 2.60. The summed E-state index contributed by atoms with van der Waals surface area (Å²) in [5, 5.41) is 2.55. The molecule has 5 nitrogen and oxygen atoms in total. The van der Waals surface area contributed by atoms with Crippen molar-refractivity contribution in [2.45, 2.75) is 13.8 Å². The molecule has 3 amide bonds. The molecule has 1 aromatic carbocycles. The van der Waals surface area contributed by atoms with Crippen LogP contribution in [0.4, 0.5) is 4.79 Å². The number of carbonyl (C=O) groups is 2. The van der Waals surface area contributed by atoms with Crippen LogP contribution < -0.4 is 11.1 Å². The lowest BCUT2D eigenvalue weighted by Crippen LogP contribution is -2.43. The fourth-order valence-electron chi connectivity index (χ4n) is 1.59. The van der Waals surface area contributed by atoms with Crippen LogP contribution in [-0.4, -0.2) is 29.9 Å². The average Bonchev–Trinajstić information content (AvgIpc) is 2.35. The topological polar surface area (TPSA) is 75.4 Å². The zero-order chi connectivity index (χ0) is 14.3. The maximum atomic E-state index is 11.7. The second kappa shape index (κ2) is 7.33. The largest absolute Gasteiger partial charge is 0.329 e. The number of benzene rings is 1. The van der Waals surface area contributed by atoms with Gasteiger partial charge in [0.15, 0.2) is 0 Å². The third kappa shape index (κ3) is 4.93. The third-order valence-electron chi connectivity index (χ3n) is 2.50. The summed E-state index contributed by atoms with van der Waals surface area (Å²) >= 11 is 0. The van der Waals surface area contributed by atoms with E-state index in [9.17, 15) is 9.59 Å². The standard InChI is InChI=1S/C14H19N3O2/c1-11-4-3-5-13(10-11)6-8-16-14(19)17(9-7-15)12(2)18/h3-6,8,10H,7,9,15H2,1-2H3,(H,16,19)/b8-6+. The number of rotatable bonds is 4. The molecule has 19 heavy (non-hydrogen) atoms. The van der Waals surface area contributed by atoms with Gasteiger partial charge >= 0.3 is 6.03 Å². The van der Waals surface area contributed by atoms with E-state index in [1.165, 1.54) is 13.1 Å². The highest BCUT2D eigenvalue weighted by atomic mass is 16.2. The summed E-state index contributed by atoms with van der Waals surface area (Å²) < 4.78 is 0. The average molecular weight is 261 g/mol. The van der Waals surface area contributed by atoms with E-state index in [1.54, 1.807) is 6.08 Å². The van der Waals surface area contributed by atoms with Gasteiger partial charge in [-0.05, 0) is 18.6 Å². The molecule has 1 aromatic rings. The van der Waals surface area contributed by atoms with Crippen LogP contribution in [0.2, 0.25) is 0 Å². The highest BCUT2D eigenvalue weighted by Crippen LogP contribution is 2.05. The van der Waals surface area contributed by atoms with E-state index < -0.39 is 6.03 Å². The third-order valence-corrected chi connectivity index (χ3v) is 2.50. The zero-order valence-corrected chi connectivity index (χ0v) is 11.2. The van der Waals surface area contributed by atoms with E-state index in [-0.39, 0.29) is 19.0 Å². The van der Waals surface area contributed by atoms with Crippen molar-refractivity contribution in [3.8, 4) is 0 Å². The van der Waals surface area contributed by atoms with Gasteiger partial charge < -0.3 is 11.1 Å². The molecule has 0 aliphatic rings. The first-order chi connectivity index (χ1) is 9.04. The van der Waals surface area contributed by atoms with Crippen LogP contribution in [0.3, 0.4) is 0 Å². The summed E-state index contributed by atoms with van der Waals surface area (Å²) in [6.45, 7) is 3.78. The predicted octanol–water partition coefficient (Wildman–Crippen LogP) is 1.48. The first-order valence-corrected chi connectivity index (χ1v) is 6.06. The van der Waals surface area contributed by atoms with Gasteiger partial charge in [0.1, 0.15) is 0 Å². The predicted molar refractivity (Wildman–Crippen MR) is 75.2 cm³/mol. The molecule has 1 rings (SSSR count). The highest BCUT2D eigenvalue weighted by Gasteiger charge is 2.15. The van der Waals surface area contributed by atoms with Crippen molar-refractivity contribution in [2.24, 2.45) is 5.73 Å². The van der Waals surface area contributed by atoms with Crippen LogP contribution >= 0.6 is 0 Å². The summed E-state index contributed by atoms with van der Waals surface area (Å²) in [6.07, 6.45) is 3.29. The Kier molecular flexibility index (Phi) is 5.75. The molecule has 0 heterocycles. The van der Waals surface area contributed by atoms with Crippen molar-refractivity contribution in [1.82, 2.24) is 10.2 Å². The van der Waals surface area contributed by atoms with Crippen LogP contribution in [-0.2, 0) is 4.79 Å². The minimum absolute atomic E-state index is 0.208. The lowest BCUT2D eigenvalue weighted by molar-refractivity contribution is -0.125. The van der Waals surface area contributed by atoms with Gasteiger partial charge in [0, 0.05) is 26.2 Å². The fourth-order valence-corrected chi connectivity index (χ4v) is 1.59. The van der Waals surface area contributed by atoms with Gasteiger partial charge in [0.05, 0.1) is 0 Å². The molecule has 0 bridgehead atoms. The Labute approximate surface area is 113 Å². The molecule has 0 aliphatic heterocycles. The molecule has 0 atom stereocenters. The first-order valence-electron chi connectivity index (χ1n) is 6.06. The van der Waals surface area contributed by atoms with Gasteiger partial charge in [-0.3, -0.25) is 9.69 Å². The molecule has 0 aromatic heterocycles. The molecule has 102 valence electrons. The van der Waals surface area contributed by atoms with E-state index in [4.69, 9.17) is 5.73 Å². The fraction of sp³-hybridized carbons (Fsp3) is 0.286. The van der Waals surface area contributed by atoms with Crippen LogP contribution in [0.15, 0.2) is 30.5 Å². The SMILES string of the molecule is CC(=O)N(CCN)C(=O)N/C=C/c1cccc(C)c1. The van der Waals surface area contributed by atoms with Crippen molar-refractivity contribution in [3.05, 3.63) is 41.6 Å². The van der Waals surface area contributed by atoms with Crippen LogP contribution in [0, 0.1) is 6.92 Å². The Hall–Kier alpha value is -2.14. The molecule has 0 saturated carbocycles. The second-order valence-electron chi connectivity index (χ2n) is 4.16. The lowest BCUT2D eigenvalue weighted by Gasteiger charge is -2.17. The highest BCUT2D eigenvalue weighted by molar-refractivity contribution is 5.93. The van der Waals surface area contributed by atoms with E-state index in [2.05, 4.69) is 5.32 Å². The van der Waals surface area contributed by atoms with Crippen molar-refractivity contribution in [2.75, 3.05) is 13.1 Å². The Morgan fingerprint density at radius 1 is 1.42 bits per heavy atom. The zero-order valence-electron chi connectivity index (χ0n) is 11.2. The summed E-state index contributed by atoms with van der Waals surface area (Å²) in [5.41, 5.74) is 7.47. The molecular weight excluding hydrogens is 242 g/mol. The van der Waals surface area contributed by atoms with E-state index in [1.807, 2.05) is 31.2 Å². The van der Waals surface area contributed by atoms with Crippen molar-refractivity contribution in [3.63, 3.8) is 0 Å². The number of carbonyl (C=O) groups excluding carboxylic acids is 2. The number of urea groups is 1. The van der Waals surface area contributed by atoms with E-state index >= 15 is 0 Å². The van der Waals surface area contributed by atoms with Crippen molar-refractivity contribution < 1.29 is 9.59 Å². The van der Waals surface area contributed by atoms with Crippen molar-refractivity contribution in [1.29, 1.82) is 0 Å². The van der Waals surface area contributed by atoms with Crippen LogP contribution in [0.1, 0.15) is 18.1 Å². The summed E-state index contributed by atoms with van der Waals surface area (Å²) in [4.78, 5) is 24.0. The molecule has 3 N–H and O–H groups in total. The van der Waals surface area contributed by atoms with Gasteiger partial charge in [0.25, 0.3) is 0 Å². The number of nitrogens with zero attached hydrogens (tertiary/aromatic N) is 1.